The molecule has 0 aliphatic carbocycles. The third kappa shape index (κ3) is 3.81. The number of fused-ring (bicyclic) bond motifs is 1. The molecule has 2 aromatic carbocycles. The van der Waals surface area contributed by atoms with Crippen LogP contribution in [-0.2, 0) is 6.54 Å². The lowest BCUT2D eigenvalue weighted by Gasteiger charge is -2.18. The molecule has 0 aromatic heterocycles. The van der Waals surface area contributed by atoms with E-state index < -0.39 is 6.10 Å². The molecular weight excluding hydrogens is 297 g/mol. The quantitative estimate of drug-likeness (QED) is 0.859. The Bertz CT molecular complexity index is 660. The van der Waals surface area contributed by atoms with Crippen LogP contribution in [0, 0.1) is 5.82 Å². The highest BCUT2D eigenvalue weighted by Crippen LogP contribution is 2.35. The Labute approximate surface area is 134 Å². The Morgan fingerprint density at radius 3 is 2.74 bits per heavy atom. The van der Waals surface area contributed by atoms with Gasteiger partial charge < -0.3 is 19.9 Å². The first-order valence-electron chi connectivity index (χ1n) is 7.68. The van der Waals surface area contributed by atoms with Gasteiger partial charge in [-0.1, -0.05) is 24.3 Å². The van der Waals surface area contributed by atoms with Crippen LogP contribution in [0.1, 0.15) is 30.6 Å². The van der Waals surface area contributed by atoms with Crippen molar-refractivity contribution >= 4 is 0 Å². The highest BCUT2D eigenvalue weighted by molar-refractivity contribution is 5.48. The summed E-state index contributed by atoms with van der Waals surface area (Å²) in [7, 11) is 0. The SMILES string of the molecule is CC(CC(O)c1ccc(F)cc1)NCc1cccc2c1OCO2. The number of ether oxygens (including phenoxy) is 2. The molecule has 1 aliphatic rings. The van der Waals surface area contributed by atoms with Crippen LogP contribution in [0.15, 0.2) is 42.5 Å². The third-order valence-corrected chi connectivity index (χ3v) is 3.95. The van der Waals surface area contributed by atoms with Crippen LogP contribution in [0.5, 0.6) is 11.5 Å². The van der Waals surface area contributed by atoms with E-state index in [0.717, 1.165) is 22.6 Å². The minimum absolute atomic E-state index is 0.0910. The molecule has 4 nitrogen and oxygen atoms in total. The summed E-state index contributed by atoms with van der Waals surface area (Å²) in [6, 6.07) is 11.8. The molecule has 23 heavy (non-hydrogen) atoms. The van der Waals surface area contributed by atoms with Gasteiger partial charge in [0.2, 0.25) is 6.79 Å². The van der Waals surface area contributed by atoms with Gasteiger partial charge >= 0.3 is 0 Å². The fourth-order valence-corrected chi connectivity index (χ4v) is 2.65. The third-order valence-electron chi connectivity index (χ3n) is 3.95. The normalized spacial score (nSPS) is 15.4. The van der Waals surface area contributed by atoms with Crippen LogP contribution >= 0.6 is 0 Å². The van der Waals surface area contributed by atoms with Gasteiger partial charge in [0.05, 0.1) is 6.10 Å². The van der Waals surface area contributed by atoms with Gasteiger partial charge in [-0.3, -0.25) is 0 Å². The van der Waals surface area contributed by atoms with Crippen LogP contribution in [0.4, 0.5) is 4.39 Å². The first kappa shape index (κ1) is 15.8. The van der Waals surface area contributed by atoms with Crippen molar-refractivity contribution in [3.63, 3.8) is 0 Å². The van der Waals surface area contributed by atoms with E-state index in [9.17, 15) is 9.50 Å². The largest absolute Gasteiger partial charge is 0.454 e. The van der Waals surface area contributed by atoms with Crippen molar-refractivity contribution in [3.05, 3.63) is 59.4 Å². The molecule has 0 radical (unpaired) electrons. The van der Waals surface area contributed by atoms with Crippen molar-refractivity contribution in [2.45, 2.75) is 32.0 Å². The monoisotopic (exact) mass is 317 g/mol. The molecule has 1 heterocycles. The minimum Gasteiger partial charge on any atom is -0.454 e. The summed E-state index contributed by atoms with van der Waals surface area (Å²) in [5, 5.41) is 13.6. The molecule has 122 valence electrons. The standard InChI is InChI=1S/C18H20FNO3/c1-12(9-16(21)13-5-7-15(19)8-6-13)20-10-14-3-2-4-17-18(14)23-11-22-17/h2-8,12,16,20-21H,9-11H2,1H3. The molecule has 0 saturated carbocycles. The molecule has 3 rings (SSSR count). The van der Waals surface area contributed by atoms with Crippen molar-refractivity contribution in [3.8, 4) is 11.5 Å². The Balaban J connectivity index is 1.54. The van der Waals surface area contributed by atoms with Gasteiger partial charge in [0.25, 0.3) is 0 Å². The zero-order valence-electron chi connectivity index (χ0n) is 13.0. The second-order valence-corrected chi connectivity index (χ2v) is 5.74. The Kier molecular flexibility index (Phi) is 4.79. The molecule has 0 spiro atoms. The van der Waals surface area contributed by atoms with Gasteiger partial charge in [0.15, 0.2) is 11.5 Å². The smallest absolute Gasteiger partial charge is 0.231 e. The van der Waals surface area contributed by atoms with Crippen molar-refractivity contribution in [1.29, 1.82) is 0 Å². The number of aliphatic hydroxyl groups is 1. The van der Waals surface area contributed by atoms with E-state index in [2.05, 4.69) is 5.32 Å². The van der Waals surface area contributed by atoms with Crippen molar-refractivity contribution < 1.29 is 19.0 Å². The number of nitrogens with one attached hydrogen (secondary N) is 1. The van der Waals surface area contributed by atoms with E-state index in [-0.39, 0.29) is 18.7 Å². The first-order chi connectivity index (χ1) is 11.1. The second kappa shape index (κ2) is 6.98. The van der Waals surface area contributed by atoms with E-state index in [1.807, 2.05) is 25.1 Å². The van der Waals surface area contributed by atoms with E-state index >= 15 is 0 Å². The van der Waals surface area contributed by atoms with Crippen molar-refractivity contribution in [2.24, 2.45) is 0 Å². The van der Waals surface area contributed by atoms with Crippen LogP contribution in [0.2, 0.25) is 0 Å². The highest BCUT2D eigenvalue weighted by atomic mass is 19.1. The predicted octanol–water partition coefficient (Wildman–Crippen LogP) is 3.16. The summed E-state index contributed by atoms with van der Waals surface area (Å²) >= 11 is 0. The van der Waals surface area contributed by atoms with Gasteiger partial charge in [0, 0.05) is 18.2 Å². The maximum atomic E-state index is 12.9. The zero-order valence-corrected chi connectivity index (χ0v) is 13.0. The first-order valence-corrected chi connectivity index (χ1v) is 7.68. The molecule has 2 atom stereocenters. The zero-order chi connectivity index (χ0) is 16.2. The summed E-state index contributed by atoms with van der Waals surface area (Å²) < 4.78 is 23.7. The van der Waals surface area contributed by atoms with E-state index in [1.165, 1.54) is 12.1 Å². The number of rotatable bonds is 6. The van der Waals surface area contributed by atoms with Crippen LogP contribution in [0.25, 0.3) is 0 Å². The topological polar surface area (TPSA) is 50.7 Å². The minimum atomic E-state index is -0.626. The fraction of sp³-hybridized carbons (Fsp3) is 0.333. The summed E-state index contributed by atoms with van der Waals surface area (Å²) in [5.74, 6) is 1.25. The molecule has 5 heteroatoms. The van der Waals surface area contributed by atoms with E-state index in [4.69, 9.17) is 9.47 Å². The summed E-state index contributed by atoms with van der Waals surface area (Å²) in [5.41, 5.74) is 1.75. The molecule has 1 aliphatic heterocycles. The summed E-state index contributed by atoms with van der Waals surface area (Å²) in [6.45, 7) is 2.89. The molecule has 2 N–H and O–H groups in total. The van der Waals surface area contributed by atoms with Gasteiger partial charge in [-0.05, 0) is 37.1 Å². The molecular formula is C18H20FNO3. The van der Waals surface area contributed by atoms with Gasteiger partial charge in [-0.2, -0.15) is 0 Å². The Morgan fingerprint density at radius 1 is 1.17 bits per heavy atom. The van der Waals surface area contributed by atoms with Crippen LogP contribution in [-0.4, -0.2) is 17.9 Å². The number of para-hydroxylation sites is 1. The molecule has 2 unspecified atom stereocenters. The van der Waals surface area contributed by atoms with Gasteiger partial charge in [0.1, 0.15) is 5.82 Å². The van der Waals surface area contributed by atoms with Crippen molar-refractivity contribution in [1.82, 2.24) is 5.32 Å². The molecule has 0 amide bonds. The average molecular weight is 317 g/mol. The van der Waals surface area contributed by atoms with Gasteiger partial charge in [-0.25, -0.2) is 4.39 Å². The van der Waals surface area contributed by atoms with Crippen LogP contribution < -0.4 is 14.8 Å². The fourth-order valence-electron chi connectivity index (χ4n) is 2.65. The Hall–Kier alpha value is -2.11. The number of aliphatic hydroxyl groups excluding tert-OH is 1. The maximum Gasteiger partial charge on any atom is 0.231 e. The lowest BCUT2D eigenvalue weighted by atomic mass is 10.0. The Morgan fingerprint density at radius 2 is 1.96 bits per heavy atom. The highest BCUT2D eigenvalue weighted by Gasteiger charge is 2.18. The van der Waals surface area contributed by atoms with Gasteiger partial charge in [-0.15, -0.1) is 0 Å². The van der Waals surface area contributed by atoms with E-state index in [0.29, 0.717) is 13.0 Å². The molecule has 0 bridgehead atoms. The second-order valence-electron chi connectivity index (χ2n) is 5.74. The lowest BCUT2D eigenvalue weighted by molar-refractivity contribution is 0.153. The number of halogens is 1. The molecule has 2 aromatic rings. The predicted molar refractivity (Wildman–Crippen MR) is 84.8 cm³/mol. The van der Waals surface area contributed by atoms with Crippen molar-refractivity contribution in [2.75, 3.05) is 6.79 Å². The maximum absolute atomic E-state index is 12.9. The summed E-state index contributed by atoms with van der Waals surface area (Å²) in [6.07, 6.45) is -0.0861. The number of benzene rings is 2. The number of hydrogen-bond donors (Lipinski definition) is 2. The molecule has 0 saturated heterocycles. The lowest BCUT2D eigenvalue weighted by Crippen LogP contribution is -2.27. The summed E-state index contributed by atoms with van der Waals surface area (Å²) in [4.78, 5) is 0. The van der Waals surface area contributed by atoms with E-state index in [1.54, 1.807) is 12.1 Å². The van der Waals surface area contributed by atoms with Crippen LogP contribution in [0.3, 0.4) is 0 Å². The molecule has 0 fully saturated rings. The number of hydrogen-bond acceptors (Lipinski definition) is 4. The average Bonchev–Trinajstić information content (AvgIpc) is 3.02.